The minimum Gasteiger partial charge on any atom is -0.461 e. The van der Waals surface area contributed by atoms with Crippen LogP contribution in [-0.4, -0.2) is 34.1 Å². The van der Waals surface area contributed by atoms with Gasteiger partial charge in [-0.2, -0.15) is 15.0 Å². The summed E-state index contributed by atoms with van der Waals surface area (Å²) in [4.78, 5) is 13.0. The van der Waals surface area contributed by atoms with E-state index in [0.29, 0.717) is 23.9 Å². The van der Waals surface area contributed by atoms with Crippen molar-refractivity contribution in [1.29, 1.82) is 0 Å². The number of nitrogens with zero attached hydrogens (tertiary/aromatic N) is 3. The number of nitrogens with one attached hydrogen (secondary N) is 2. The predicted molar refractivity (Wildman–Crippen MR) is 84.8 cm³/mol. The Bertz CT molecular complexity index is 475. The topological polar surface area (TPSA) is 72.0 Å². The lowest BCUT2D eigenvalue weighted by Gasteiger charge is -2.39. The maximum Gasteiger partial charge on any atom is 0.323 e. The Morgan fingerprint density at radius 3 is 2.48 bits per heavy atom. The quantitative estimate of drug-likeness (QED) is 0.869. The van der Waals surface area contributed by atoms with Gasteiger partial charge < -0.3 is 15.4 Å². The predicted octanol–water partition coefficient (Wildman–Crippen LogP) is 3.08. The Morgan fingerprint density at radius 2 is 1.86 bits per heavy atom. The molecule has 0 aromatic carbocycles. The van der Waals surface area contributed by atoms with Gasteiger partial charge >= 0.3 is 6.01 Å². The summed E-state index contributed by atoms with van der Waals surface area (Å²) in [7, 11) is 1.79. The number of aromatic nitrogens is 3. The third-order valence-corrected chi connectivity index (χ3v) is 3.99. The molecule has 1 aliphatic rings. The van der Waals surface area contributed by atoms with Gasteiger partial charge in [0.2, 0.25) is 11.9 Å². The molecule has 1 unspecified atom stereocenters. The van der Waals surface area contributed by atoms with Gasteiger partial charge in [0.05, 0.1) is 6.10 Å². The minimum atomic E-state index is 0.0380. The molecule has 21 heavy (non-hydrogen) atoms. The third kappa shape index (κ3) is 4.19. The maximum absolute atomic E-state index is 5.60. The summed E-state index contributed by atoms with van der Waals surface area (Å²) < 4.78 is 5.60. The molecular formula is C15H27N5O. The fraction of sp³-hybridized carbons (Fsp3) is 0.800. The molecule has 1 saturated carbocycles. The Balaban J connectivity index is 2.18. The Morgan fingerprint density at radius 1 is 1.14 bits per heavy atom. The van der Waals surface area contributed by atoms with Crippen LogP contribution in [0.1, 0.15) is 53.4 Å². The third-order valence-electron chi connectivity index (χ3n) is 3.99. The summed E-state index contributed by atoms with van der Waals surface area (Å²) in [5, 5.41) is 6.43. The Hall–Kier alpha value is -1.59. The Labute approximate surface area is 127 Å². The highest BCUT2D eigenvalue weighted by Crippen LogP contribution is 2.36. The van der Waals surface area contributed by atoms with Crippen LogP contribution in [0.3, 0.4) is 0 Å². The maximum atomic E-state index is 5.60. The molecule has 2 N–H and O–H groups in total. The summed E-state index contributed by atoms with van der Waals surface area (Å²) in [6.45, 7) is 8.52. The summed E-state index contributed by atoms with van der Waals surface area (Å²) in [6, 6.07) is 0.741. The molecule has 1 fully saturated rings. The van der Waals surface area contributed by atoms with Gasteiger partial charge in [0, 0.05) is 13.1 Å². The molecule has 0 spiro atoms. The van der Waals surface area contributed by atoms with Gasteiger partial charge in [-0.15, -0.1) is 0 Å². The fourth-order valence-corrected chi connectivity index (χ4v) is 2.71. The van der Waals surface area contributed by atoms with Crippen molar-refractivity contribution in [3.05, 3.63) is 0 Å². The molecule has 1 atom stereocenters. The van der Waals surface area contributed by atoms with Gasteiger partial charge in [0.15, 0.2) is 0 Å². The van der Waals surface area contributed by atoms with Gasteiger partial charge in [0.1, 0.15) is 0 Å². The van der Waals surface area contributed by atoms with Gasteiger partial charge in [-0.05, 0) is 32.1 Å². The highest BCUT2D eigenvalue weighted by atomic mass is 16.5. The lowest BCUT2D eigenvalue weighted by molar-refractivity contribution is 0.213. The largest absolute Gasteiger partial charge is 0.461 e. The summed E-state index contributed by atoms with van der Waals surface area (Å²) >= 11 is 0. The van der Waals surface area contributed by atoms with Crippen molar-refractivity contribution < 1.29 is 4.74 Å². The zero-order valence-electron chi connectivity index (χ0n) is 13.7. The van der Waals surface area contributed by atoms with E-state index in [1.807, 2.05) is 13.8 Å². The van der Waals surface area contributed by atoms with Crippen molar-refractivity contribution in [1.82, 2.24) is 15.0 Å². The number of hydrogen-bond acceptors (Lipinski definition) is 6. The fourth-order valence-electron chi connectivity index (χ4n) is 2.71. The van der Waals surface area contributed by atoms with Crippen molar-refractivity contribution in [2.24, 2.45) is 5.41 Å². The van der Waals surface area contributed by atoms with Crippen molar-refractivity contribution >= 4 is 11.9 Å². The van der Waals surface area contributed by atoms with E-state index in [-0.39, 0.29) is 11.5 Å². The van der Waals surface area contributed by atoms with E-state index < -0.39 is 0 Å². The van der Waals surface area contributed by atoms with Crippen LogP contribution >= 0.6 is 0 Å². The first-order chi connectivity index (χ1) is 9.90. The Kier molecular flexibility index (Phi) is 4.85. The van der Waals surface area contributed by atoms with Crippen LogP contribution in [0.15, 0.2) is 0 Å². The van der Waals surface area contributed by atoms with E-state index in [2.05, 4.69) is 39.4 Å². The van der Waals surface area contributed by atoms with Crippen molar-refractivity contribution in [3.8, 4) is 6.01 Å². The summed E-state index contributed by atoms with van der Waals surface area (Å²) in [5.41, 5.74) is 0.254. The normalized spacial score (nSPS) is 21.1. The van der Waals surface area contributed by atoms with E-state index in [4.69, 9.17) is 4.74 Å². The van der Waals surface area contributed by atoms with Gasteiger partial charge in [0.25, 0.3) is 0 Å². The van der Waals surface area contributed by atoms with Crippen LogP contribution in [0.25, 0.3) is 0 Å². The zero-order valence-corrected chi connectivity index (χ0v) is 13.7. The minimum absolute atomic E-state index is 0.0380. The summed E-state index contributed by atoms with van der Waals surface area (Å²) in [6.07, 6.45) is 4.96. The molecule has 0 amide bonds. The first-order valence-corrected chi connectivity index (χ1v) is 7.78. The first-order valence-electron chi connectivity index (χ1n) is 7.78. The standard InChI is InChI=1S/C15H27N5O/c1-10(2)21-14-19-12(16-5)18-13(20-14)17-11-8-6-7-9-15(11,3)4/h10-11H,6-9H2,1-5H3,(H2,16,17,18,19,20). The lowest BCUT2D eigenvalue weighted by Crippen LogP contribution is -2.39. The lowest BCUT2D eigenvalue weighted by atomic mass is 9.73. The van der Waals surface area contributed by atoms with Crippen molar-refractivity contribution in [2.45, 2.75) is 65.5 Å². The van der Waals surface area contributed by atoms with Gasteiger partial charge in [-0.25, -0.2) is 0 Å². The van der Waals surface area contributed by atoms with Crippen molar-refractivity contribution in [2.75, 3.05) is 17.7 Å². The second-order valence-electron chi connectivity index (χ2n) is 6.61. The van der Waals surface area contributed by atoms with E-state index in [9.17, 15) is 0 Å². The van der Waals surface area contributed by atoms with Crippen LogP contribution in [-0.2, 0) is 0 Å². The van der Waals surface area contributed by atoms with E-state index in [1.54, 1.807) is 7.05 Å². The molecule has 0 bridgehead atoms. The molecule has 1 aromatic rings. The summed E-state index contributed by atoms with van der Waals surface area (Å²) in [5.74, 6) is 1.11. The van der Waals surface area contributed by atoms with Gasteiger partial charge in [-0.1, -0.05) is 26.7 Å². The second kappa shape index (κ2) is 6.45. The SMILES string of the molecule is CNc1nc(NC2CCCCC2(C)C)nc(OC(C)C)n1. The van der Waals surface area contributed by atoms with Crippen LogP contribution in [0.2, 0.25) is 0 Å². The van der Waals surface area contributed by atoms with Crippen molar-refractivity contribution in [3.63, 3.8) is 0 Å². The molecule has 6 heteroatoms. The first kappa shape index (κ1) is 15.8. The molecule has 0 saturated heterocycles. The molecular weight excluding hydrogens is 266 g/mol. The monoisotopic (exact) mass is 293 g/mol. The average molecular weight is 293 g/mol. The van der Waals surface area contributed by atoms with Crippen LogP contribution in [0.5, 0.6) is 6.01 Å². The van der Waals surface area contributed by atoms with E-state index >= 15 is 0 Å². The number of hydrogen-bond donors (Lipinski definition) is 2. The smallest absolute Gasteiger partial charge is 0.323 e. The van der Waals surface area contributed by atoms with Crippen LogP contribution < -0.4 is 15.4 Å². The molecule has 0 radical (unpaired) electrons. The number of anilines is 2. The van der Waals surface area contributed by atoms with E-state index in [1.165, 1.54) is 19.3 Å². The molecule has 1 aromatic heterocycles. The second-order valence-corrected chi connectivity index (χ2v) is 6.61. The highest BCUT2D eigenvalue weighted by molar-refractivity contribution is 5.36. The van der Waals surface area contributed by atoms with Crippen LogP contribution in [0.4, 0.5) is 11.9 Å². The van der Waals surface area contributed by atoms with E-state index in [0.717, 1.165) is 6.42 Å². The molecule has 1 aliphatic carbocycles. The number of ether oxygens (including phenoxy) is 1. The highest BCUT2D eigenvalue weighted by Gasteiger charge is 2.32. The zero-order chi connectivity index (χ0) is 15.5. The molecule has 6 nitrogen and oxygen atoms in total. The van der Waals surface area contributed by atoms with Crippen LogP contribution in [0, 0.1) is 5.41 Å². The molecule has 118 valence electrons. The number of rotatable bonds is 5. The molecule has 2 rings (SSSR count). The average Bonchev–Trinajstić information content (AvgIpc) is 2.40. The molecule has 0 aliphatic heterocycles. The van der Waals surface area contributed by atoms with Gasteiger partial charge in [-0.3, -0.25) is 0 Å². The molecule has 1 heterocycles.